The summed E-state index contributed by atoms with van der Waals surface area (Å²) in [5.41, 5.74) is 0.329. The Balaban J connectivity index is 3.34. The van der Waals surface area contributed by atoms with Gasteiger partial charge < -0.3 is 0 Å². The first-order valence-electron chi connectivity index (χ1n) is 2.52. The van der Waals surface area contributed by atoms with E-state index in [-0.39, 0.29) is 0 Å². The average Bonchev–Trinajstić information content (AvgIpc) is 1.93. The van der Waals surface area contributed by atoms with E-state index >= 15 is 0 Å². The van der Waals surface area contributed by atoms with Gasteiger partial charge in [-0.3, -0.25) is 0 Å². The second-order valence-electron chi connectivity index (χ2n) is 1.76. The Morgan fingerprint density at radius 2 is 1.50 bits per heavy atom. The van der Waals surface area contributed by atoms with Crippen molar-refractivity contribution in [2.75, 3.05) is 0 Å². The molecule has 0 aliphatic carbocycles. The van der Waals surface area contributed by atoms with E-state index in [1.807, 2.05) is 0 Å². The average molecular weight is 193 g/mol. The molecule has 1 aromatic rings. The van der Waals surface area contributed by atoms with E-state index in [1.54, 1.807) is 12.1 Å². The molecule has 1 rings (SSSR count). The maximum absolute atomic E-state index is 5.64. The Morgan fingerprint density at radius 1 is 1.00 bits per heavy atom. The van der Waals surface area contributed by atoms with E-state index in [9.17, 15) is 0 Å². The topological polar surface area (TPSA) is 0 Å². The Labute approximate surface area is 74.7 Å². The lowest BCUT2D eigenvalue weighted by Crippen LogP contribution is -1.77. The third-order valence-corrected chi connectivity index (χ3v) is 2.23. The molecular weight excluding hydrogens is 190 g/mol. The molecule has 0 fully saturated rings. The summed E-state index contributed by atoms with van der Waals surface area (Å²) in [6.07, 6.45) is 0. The fraction of sp³-hybridized carbons (Fsp3) is 0. The molecule has 52 valence electrons. The molecular formula is C7H3Cl3. The molecule has 2 radical (unpaired) electrons. The van der Waals surface area contributed by atoms with Crippen molar-refractivity contribution in [3.63, 3.8) is 0 Å². The van der Waals surface area contributed by atoms with E-state index < -0.39 is 0 Å². The number of benzene rings is 1. The monoisotopic (exact) mass is 192 g/mol. The van der Waals surface area contributed by atoms with Crippen LogP contribution in [0.15, 0.2) is 12.1 Å². The quantitative estimate of drug-likeness (QED) is 0.551. The third kappa shape index (κ3) is 1.39. The van der Waals surface area contributed by atoms with Crippen molar-refractivity contribution >= 4 is 34.8 Å². The highest BCUT2D eigenvalue weighted by Crippen LogP contribution is 2.29. The van der Waals surface area contributed by atoms with Crippen LogP contribution in [-0.4, -0.2) is 0 Å². The van der Waals surface area contributed by atoms with Gasteiger partial charge in [0.1, 0.15) is 0 Å². The van der Waals surface area contributed by atoms with Gasteiger partial charge in [-0.25, -0.2) is 0 Å². The van der Waals surface area contributed by atoms with Gasteiger partial charge in [-0.05, 0) is 17.7 Å². The molecule has 0 atom stereocenters. The highest BCUT2D eigenvalue weighted by molar-refractivity contribution is 6.44. The maximum Gasteiger partial charge on any atom is 0.0642 e. The minimum atomic E-state index is 0.314. The Hall–Kier alpha value is 0.0900. The van der Waals surface area contributed by atoms with Crippen molar-refractivity contribution in [2.24, 2.45) is 0 Å². The normalized spacial score (nSPS) is 10.0. The molecule has 10 heavy (non-hydrogen) atoms. The molecule has 0 saturated heterocycles. The zero-order valence-electron chi connectivity index (χ0n) is 4.87. The summed E-state index contributed by atoms with van der Waals surface area (Å²) in [6, 6.07) is 3.20. The van der Waals surface area contributed by atoms with Gasteiger partial charge in [-0.15, -0.1) is 0 Å². The van der Waals surface area contributed by atoms with Crippen LogP contribution in [0.25, 0.3) is 0 Å². The van der Waals surface area contributed by atoms with Crippen LogP contribution in [-0.2, 0) is 0 Å². The smallest absolute Gasteiger partial charge is 0.0642 e. The SMILES string of the molecule is [CH]c1c(Cl)ccc(Cl)c1Cl. The predicted octanol–water partition coefficient (Wildman–Crippen LogP) is 3.71. The summed E-state index contributed by atoms with van der Waals surface area (Å²) in [5, 5.41) is 1.16. The molecule has 0 unspecified atom stereocenters. The van der Waals surface area contributed by atoms with Crippen LogP contribution >= 0.6 is 34.8 Å². The van der Waals surface area contributed by atoms with Crippen LogP contribution in [0.3, 0.4) is 0 Å². The van der Waals surface area contributed by atoms with E-state index in [0.29, 0.717) is 20.6 Å². The standard InChI is InChI=1S/C7H3Cl3/c1-4-5(8)2-3-6(9)7(4)10/h1-3H. The first kappa shape index (κ1) is 8.19. The zero-order chi connectivity index (χ0) is 7.72. The fourth-order valence-electron chi connectivity index (χ4n) is 0.543. The summed E-state index contributed by atoms with van der Waals surface area (Å²) in [4.78, 5) is 0. The second kappa shape index (κ2) is 3.00. The van der Waals surface area contributed by atoms with Crippen molar-refractivity contribution in [2.45, 2.75) is 0 Å². The molecule has 3 heteroatoms. The molecule has 0 nitrogen and oxygen atoms in total. The number of hydrogen-bond acceptors (Lipinski definition) is 0. The van der Waals surface area contributed by atoms with E-state index in [0.717, 1.165) is 0 Å². The van der Waals surface area contributed by atoms with Crippen molar-refractivity contribution in [3.8, 4) is 0 Å². The number of halogens is 3. The van der Waals surface area contributed by atoms with Crippen molar-refractivity contribution in [1.82, 2.24) is 0 Å². The lowest BCUT2D eigenvalue weighted by Gasteiger charge is -2.00. The highest BCUT2D eigenvalue weighted by Gasteiger charge is 2.03. The van der Waals surface area contributed by atoms with Gasteiger partial charge in [-0.1, -0.05) is 34.8 Å². The molecule has 0 aliphatic rings. The molecule has 0 saturated carbocycles. The maximum atomic E-state index is 5.64. The minimum absolute atomic E-state index is 0.314. The lowest BCUT2D eigenvalue weighted by atomic mass is 10.2. The Kier molecular flexibility index (Phi) is 2.45. The number of hydrogen-bond donors (Lipinski definition) is 0. The van der Waals surface area contributed by atoms with Crippen molar-refractivity contribution in [1.29, 1.82) is 0 Å². The summed E-state index contributed by atoms with van der Waals surface area (Å²) in [6.45, 7) is 5.43. The minimum Gasteiger partial charge on any atom is -0.0840 e. The second-order valence-corrected chi connectivity index (χ2v) is 2.95. The first-order valence-corrected chi connectivity index (χ1v) is 3.65. The van der Waals surface area contributed by atoms with Gasteiger partial charge in [0.15, 0.2) is 0 Å². The first-order chi connectivity index (χ1) is 4.63. The van der Waals surface area contributed by atoms with E-state index in [1.165, 1.54) is 0 Å². The Bertz CT molecular complexity index is 228. The van der Waals surface area contributed by atoms with Crippen LogP contribution in [0.5, 0.6) is 0 Å². The molecule has 0 amide bonds. The summed E-state index contributed by atoms with van der Waals surface area (Å²) in [5.74, 6) is 0. The van der Waals surface area contributed by atoms with Crippen LogP contribution in [0, 0.1) is 6.92 Å². The predicted molar refractivity (Wildman–Crippen MR) is 44.9 cm³/mol. The van der Waals surface area contributed by atoms with Gasteiger partial charge in [-0.2, -0.15) is 0 Å². The third-order valence-electron chi connectivity index (χ3n) is 1.08. The number of rotatable bonds is 0. The summed E-state index contributed by atoms with van der Waals surface area (Å²) >= 11 is 16.9. The molecule has 0 aliphatic heterocycles. The fourth-order valence-corrected chi connectivity index (χ4v) is 1.08. The molecule has 0 aromatic heterocycles. The Morgan fingerprint density at radius 3 is 2.00 bits per heavy atom. The van der Waals surface area contributed by atoms with Gasteiger partial charge in [0.25, 0.3) is 0 Å². The van der Waals surface area contributed by atoms with Gasteiger partial charge in [0.05, 0.1) is 10.0 Å². The highest BCUT2D eigenvalue weighted by atomic mass is 35.5. The van der Waals surface area contributed by atoms with E-state index in [2.05, 4.69) is 0 Å². The van der Waals surface area contributed by atoms with Crippen LogP contribution in [0.4, 0.5) is 0 Å². The van der Waals surface area contributed by atoms with Crippen molar-refractivity contribution < 1.29 is 0 Å². The molecule has 0 spiro atoms. The summed E-state index contributed by atoms with van der Waals surface area (Å²) in [7, 11) is 0. The van der Waals surface area contributed by atoms with Gasteiger partial charge in [0, 0.05) is 11.9 Å². The zero-order valence-corrected chi connectivity index (χ0v) is 7.13. The van der Waals surface area contributed by atoms with Crippen molar-refractivity contribution in [3.05, 3.63) is 39.7 Å². The van der Waals surface area contributed by atoms with Crippen LogP contribution in [0.1, 0.15) is 5.56 Å². The molecule has 1 aromatic carbocycles. The largest absolute Gasteiger partial charge is 0.0840 e. The van der Waals surface area contributed by atoms with Gasteiger partial charge >= 0.3 is 0 Å². The van der Waals surface area contributed by atoms with Crippen LogP contribution < -0.4 is 0 Å². The van der Waals surface area contributed by atoms with Crippen LogP contribution in [0.2, 0.25) is 15.1 Å². The van der Waals surface area contributed by atoms with E-state index in [4.69, 9.17) is 41.7 Å². The molecule has 0 heterocycles. The summed E-state index contributed by atoms with van der Waals surface area (Å²) < 4.78 is 0. The lowest BCUT2D eigenvalue weighted by molar-refractivity contribution is 1.61. The molecule has 0 N–H and O–H groups in total. The van der Waals surface area contributed by atoms with Gasteiger partial charge in [0.2, 0.25) is 0 Å². The molecule has 0 bridgehead atoms.